The summed E-state index contributed by atoms with van der Waals surface area (Å²) in [5.74, 6) is 0. The topological polar surface area (TPSA) is 3.24 Å². The first-order valence-corrected chi connectivity index (χ1v) is 8.15. The molecule has 0 amide bonds. The maximum atomic E-state index is 2.63. The van der Waals surface area contributed by atoms with Crippen molar-refractivity contribution in [2.45, 2.75) is 39.4 Å². The Hall–Kier alpha value is -1.86. The Morgan fingerprint density at radius 3 is 1.77 bits per heavy atom. The second kappa shape index (κ2) is 6.50. The Morgan fingerprint density at radius 1 is 0.864 bits per heavy atom. The summed E-state index contributed by atoms with van der Waals surface area (Å²) in [5.41, 5.74) is 3.02. The van der Waals surface area contributed by atoms with E-state index in [0.29, 0.717) is 6.04 Å². The summed E-state index contributed by atoms with van der Waals surface area (Å²) in [7, 11) is 0. The molecule has 0 radical (unpaired) electrons. The normalized spacial score (nSPS) is 19.7. The van der Waals surface area contributed by atoms with Gasteiger partial charge in [-0.15, -0.1) is 0 Å². The monoisotopic (exact) mass is 291 g/mol. The van der Waals surface area contributed by atoms with E-state index in [0.717, 1.165) is 19.5 Å². The molecule has 0 N–H and O–H groups in total. The largest absolute Gasteiger partial charge is 0.291 e. The van der Waals surface area contributed by atoms with Gasteiger partial charge in [-0.1, -0.05) is 86.7 Å². The third-order valence-corrected chi connectivity index (χ3v) is 4.66. The van der Waals surface area contributed by atoms with Gasteiger partial charge in [0.15, 0.2) is 0 Å². The number of hydrogen-bond acceptors (Lipinski definition) is 1. The second-order valence-electron chi connectivity index (χ2n) is 6.85. The predicted molar refractivity (Wildman–Crippen MR) is 93.5 cm³/mol. The summed E-state index contributed by atoms with van der Waals surface area (Å²) in [4.78, 5) is 2.63. The third kappa shape index (κ3) is 3.48. The highest BCUT2D eigenvalue weighted by Gasteiger charge is 2.34. The summed E-state index contributed by atoms with van der Waals surface area (Å²) in [6, 6.07) is 22.2. The van der Waals surface area contributed by atoms with E-state index in [1.165, 1.54) is 11.1 Å². The van der Waals surface area contributed by atoms with Crippen molar-refractivity contribution in [3.8, 4) is 0 Å². The van der Waals surface area contributed by atoms with E-state index in [-0.39, 0.29) is 5.41 Å². The summed E-state index contributed by atoms with van der Waals surface area (Å²) in [6.45, 7) is 6.71. The molecule has 1 nitrogen and oxygen atoms in total. The summed E-state index contributed by atoms with van der Waals surface area (Å²) in [5, 5.41) is 0. The molecule has 1 unspecified atom stereocenters. The highest BCUT2D eigenvalue weighted by atomic mass is 15.2. The molecule has 2 aromatic rings. The lowest BCUT2D eigenvalue weighted by Gasteiger charge is -2.37. The summed E-state index contributed by atoms with van der Waals surface area (Å²) < 4.78 is 0. The van der Waals surface area contributed by atoms with Crippen molar-refractivity contribution in [3.63, 3.8) is 0 Å². The van der Waals surface area contributed by atoms with Crippen LogP contribution in [0.1, 0.15) is 31.4 Å². The van der Waals surface area contributed by atoms with Crippen LogP contribution in [-0.4, -0.2) is 10.9 Å². The highest BCUT2D eigenvalue weighted by Crippen LogP contribution is 2.36. The van der Waals surface area contributed by atoms with Crippen molar-refractivity contribution in [1.29, 1.82) is 0 Å². The average Bonchev–Trinajstić information content (AvgIpc) is 2.88. The Balaban J connectivity index is 1.82. The van der Waals surface area contributed by atoms with Gasteiger partial charge in [-0.05, 0) is 23.0 Å². The van der Waals surface area contributed by atoms with Crippen LogP contribution in [0.3, 0.4) is 0 Å². The molecule has 0 aliphatic heterocycles. The molecular weight excluding hydrogens is 266 g/mol. The second-order valence-corrected chi connectivity index (χ2v) is 6.85. The number of nitrogens with zero attached hydrogens (tertiary/aromatic N) is 1. The molecule has 3 rings (SSSR count). The lowest BCUT2D eigenvalue weighted by molar-refractivity contribution is 0.113. The molecule has 1 aliphatic carbocycles. The summed E-state index contributed by atoms with van der Waals surface area (Å²) >= 11 is 0. The smallest absolute Gasteiger partial charge is 0.0240 e. The van der Waals surface area contributed by atoms with Crippen LogP contribution in [0.5, 0.6) is 0 Å². The van der Waals surface area contributed by atoms with Crippen molar-refractivity contribution in [1.82, 2.24) is 4.90 Å². The van der Waals surface area contributed by atoms with Gasteiger partial charge in [-0.25, -0.2) is 0 Å². The SMILES string of the molecule is CC1(C)C=CCC1N(Cc1ccccc1)Cc1ccccc1. The van der Waals surface area contributed by atoms with Crippen LogP contribution in [0.2, 0.25) is 0 Å². The quantitative estimate of drug-likeness (QED) is 0.697. The van der Waals surface area contributed by atoms with Gasteiger partial charge in [0.2, 0.25) is 0 Å². The third-order valence-electron chi connectivity index (χ3n) is 4.66. The van der Waals surface area contributed by atoms with E-state index < -0.39 is 0 Å². The molecule has 1 atom stereocenters. The molecule has 2 aromatic carbocycles. The van der Waals surface area contributed by atoms with Crippen molar-refractivity contribution < 1.29 is 0 Å². The summed E-state index contributed by atoms with van der Waals surface area (Å²) in [6.07, 6.45) is 5.86. The van der Waals surface area contributed by atoms with Gasteiger partial charge in [-0.2, -0.15) is 0 Å². The average molecular weight is 291 g/mol. The molecule has 0 saturated carbocycles. The van der Waals surface area contributed by atoms with Crippen molar-refractivity contribution in [2.24, 2.45) is 5.41 Å². The fourth-order valence-electron chi connectivity index (χ4n) is 3.45. The zero-order valence-corrected chi connectivity index (χ0v) is 13.6. The number of hydrogen-bond donors (Lipinski definition) is 0. The molecule has 0 fully saturated rings. The minimum absolute atomic E-state index is 0.240. The molecule has 1 heteroatoms. The standard InChI is InChI=1S/C21H25N/c1-21(2)15-9-14-20(21)22(16-18-10-5-3-6-11-18)17-19-12-7-4-8-13-19/h3-13,15,20H,14,16-17H2,1-2H3. The fourth-order valence-corrected chi connectivity index (χ4v) is 3.45. The van der Waals surface area contributed by atoms with Gasteiger partial charge in [-0.3, -0.25) is 4.90 Å². The number of rotatable bonds is 5. The van der Waals surface area contributed by atoms with Gasteiger partial charge >= 0.3 is 0 Å². The highest BCUT2D eigenvalue weighted by molar-refractivity contribution is 5.19. The molecule has 0 aromatic heterocycles. The Labute approximate surface area is 134 Å². The maximum Gasteiger partial charge on any atom is 0.0240 e. The molecule has 0 heterocycles. The molecule has 0 spiro atoms. The van der Waals surface area contributed by atoms with E-state index in [4.69, 9.17) is 0 Å². The van der Waals surface area contributed by atoms with Gasteiger partial charge in [0.05, 0.1) is 0 Å². The molecule has 0 bridgehead atoms. The molecule has 1 aliphatic rings. The van der Waals surface area contributed by atoms with Crippen LogP contribution in [0.15, 0.2) is 72.8 Å². The van der Waals surface area contributed by atoms with E-state index in [2.05, 4.69) is 91.6 Å². The van der Waals surface area contributed by atoms with Gasteiger partial charge in [0.25, 0.3) is 0 Å². The first-order chi connectivity index (χ1) is 10.6. The van der Waals surface area contributed by atoms with Gasteiger partial charge in [0.1, 0.15) is 0 Å². The van der Waals surface area contributed by atoms with Crippen LogP contribution in [0, 0.1) is 5.41 Å². The van der Waals surface area contributed by atoms with Crippen LogP contribution < -0.4 is 0 Å². The van der Waals surface area contributed by atoms with Gasteiger partial charge < -0.3 is 0 Å². The first-order valence-electron chi connectivity index (χ1n) is 8.15. The minimum atomic E-state index is 0.240. The Morgan fingerprint density at radius 2 is 1.36 bits per heavy atom. The molecule has 114 valence electrons. The first kappa shape index (κ1) is 15.1. The van der Waals surface area contributed by atoms with E-state index in [1.807, 2.05) is 0 Å². The van der Waals surface area contributed by atoms with E-state index in [1.54, 1.807) is 0 Å². The predicted octanol–water partition coefficient (Wildman–Crippen LogP) is 5.04. The lowest BCUT2D eigenvalue weighted by atomic mass is 9.86. The Bertz CT molecular complexity index is 571. The fraction of sp³-hybridized carbons (Fsp3) is 0.333. The van der Waals surface area contributed by atoms with Crippen molar-refractivity contribution in [2.75, 3.05) is 0 Å². The Kier molecular flexibility index (Phi) is 4.44. The van der Waals surface area contributed by atoms with Crippen molar-refractivity contribution in [3.05, 3.63) is 83.9 Å². The molecular formula is C21H25N. The van der Waals surface area contributed by atoms with Crippen LogP contribution in [0.25, 0.3) is 0 Å². The molecule has 0 saturated heterocycles. The van der Waals surface area contributed by atoms with Crippen LogP contribution in [-0.2, 0) is 13.1 Å². The maximum absolute atomic E-state index is 2.63. The zero-order chi connectivity index (χ0) is 15.4. The zero-order valence-electron chi connectivity index (χ0n) is 13.6. The minimum Gasteiger partial charge on any atom is -0.291 e. The van der Waals surface area contributed by atoms with Crippen LogP contribution >= 0.6 is 0 Å². The van der Waals surface area contributed by atoms with E-state index in [9.17, 15) is 0 Å². The molecule has 22 heavy (non-hydrogen) atoms. The number of benzene rings is 2. The van der Waals surface area contributed by atoms with Gasteiger partial charge in [0, 0.05) is 19.1 Å². The van der Waals surface area contributed by atoms with E-state index >= 15 is 0 Å². The van der Waals surface area contributed by atoms with Crippen molar-refractivity contribution >= 4 is 0 Å². The lowest BCUT2D eigenvalue weighted by Crippen LogP contribution is -2.41. The van der Waals surface area contributed by atoms with Crippen LogP contribution in [0.4, 0.5) is 0 Å².